The molecular formula is C19H23F5ORa. The van der Waals surface area contributed by atoms with Crippen LogP contribution in [-0.4, -0.2) is 6.36 Å². The normalized spacial score (nSPS) is 30.2. The molecule has 2 aliphatic rings. The first-order valence-corrected chi connectivity index (χ1v) is 14.2. The molecule has 0 amide bonds. The fourth-order valence-electron chi connectivity index (χ4n) is 4.71. The molecule has 26 heavy (non-hydrogen) atoms. The van der Waals surface area contributed by atoms with Gasteiger partial charge in [-0.1, -0.05) is 0 Å². The Kier molecular flexibility index (Phi) is 6.94. The number of ether oxygens (including phenoxy) is 1. The van der Waals surface area contributed by atoms with E-state index in [0.717, 1.165) is 44.7 Å². The van der Waals surface area contributed by atoms with E-state index in [1.54, 1.807) is 0 Å². The summed E-state index contributed by atoms with van der Waals surface area (Å²) in [5, 5.41) is 0. The summed E-state index contributed by atoms with van der Waals surface area (Å²) in [6, 6.07) is 2.01. The quantitative estimate of drug-likeness (QED) is 0.372. The van der Waals surface area contributed by atoms with Crippen LogP contribution in [0.5, 0.6) is 5.75 Å². The van der Waals surface area contributed by atoms with E-state index >= 15 is 0 Å². The summed E-state index contributed by atoms with van der Waals surface area (Å²) in [4.78, 5) is 0. The average molecular weight is 588 g/mol. The van der Waals surface area contributed by atoms with E-state index in [4.69, 9.17) is 0 Å². The summed E-state index contributed by atoms with van der Waals surface area (Å²) in [6.45, 7) is 0. The fraction of sp³-hybridized carbons (Fsp3) is 0.684. The molecule has 1 nitrogen and oxygen atoms in total. The summed E-state index contributed by atoms with van der Waals surface area (Å²) in [7, 11) is 0. The predicted molar refractivity (Wildman–Crippen MR) is 84.8 cm³/mol. The Labute approximate surface area is 179 Å². The molecule has 2 saturated carbocycles. The van der Waals surface area contributed by atoms with E-state index in [1.807, 2.05) is 0 Å². The number of halogens is 5. The van der Waals surface area contributed by atoms with Gasteiger partial charge in [0.05, 0.1) is 0 Å². The van der Waals surface area contributed by atoms with Crippen molar-refractivity contribution in [2.75, 3.05) is 0 Å². The summed E-state index contributed by atoms with van der Waals surface area (Å²) in [5.74, 6) is -2.44. The van der Waals surface area contributed by atoms with Gasteiger partial charge in [-0.25, -0.2) is 0 Å². The second kappa shape index (κ2) is 8.65. The van der Waals surface area contributed by atoms with E-state index in [-0.39, 0.29) is 5.92 Å². The van der Waals surface area contributed by atoms with Gasteiger partial charge in [0.15, 0.2) is 0 Å². The molecule has 0 aromatic heterocycles. The van der Waals surface area contributed by atoms with E-state index in [2.05, 4.69) is 4.74 Å². The maximum absolute atomic E-state index is 13.9. The van der Waals surface area contributed by atoms with Gasteiger partial charge in [-0.3, -0.25) is 0 Å². The van der Waals surface area contributed by atoms with Gasteiger partial charge in [0.2, 0.25) is 0 Å². The van der Waals surface area contributed by atoms with Crippen LogP contribution >= 0.6 is 0 Å². The molecule has 142 valence electrons. The number of hydrogen-bond donors (Lipinski definition) is 0. The maximum atomic E-state index is 13.9. The predicted octanol–water partition coefficient (Wildman–Crippen LogP) is 6.40. The molecule has 0 N–H and O–H groups in total. The molecule has 2 fully saturated rings. The second-order valence-corrected chi connectivity index (χ2v) is 14.7. The molecule has 0 radical (unpaired) electrons. The van der Waals surface area contributed by atoms with Crippen molar-refractivity contribution in [3.8, 4) is 5.75 Å². The molecule has 2 aliphatic carbocycles. The van der Waals surface area contributed by atoms with Crippen LogP contribution in [0.25, 0.3) is 0 Å². The van der Waals surface area contributed by atoms with Crippen LogP contribution in [0.4, 0.5) is 22.0 Å². The van der Waals surface area contributed by atoms with Crippen molar-refractivity contribution in [3.05, 3.63) is 29.3 Å². The van der Waals surface area contributed by atoms with Gasteiger partial charge < -0.3 is 4.74 Å². The molecule has 1 aromatic carbocycles. The van der Waals surface area contributed by atoms with Crippen LogP contribution in [0.1, 0.15) is 62.8 Å². The standard InChI is InChI=1S/C19H22F5O.Ra.H/c20-16-10-15(11-17(21)18(16)25-19(22,23)24)14-8-6-13(7-9-14)12-4-2-1-3-5-12;;/h1,10-14H,2-9H2;;. The van der Waals surface area contributed by atoms with Crippen molar-refractivity contribution < 1.29 is 69.5 Å². The van der Waals surface area contributed by atoms with Crippen LogP contribution < -0.4 is 4.74 Å². The molecule has 1 aromatic rings. The molecule has 0 bridgehead atoms. The minimum atomic E-state index is -5.11. The Morgan fingerprint density at radius 1 is 0.808 bits per heavy atom. The third kappa shape index (κ3) is 5.35. The van der Waals surface area contributed by atoms with Gasteiger partial charge in [0, 0.05) is 0 Å². The van der Waals surface area contributed by atoms with E-state index in [1.165, 1.54) is 25.7 Å². The molecule has 0 saturated heterocycles. The van der Waals surface area contributed by atoms with Crippen molar-refractivity contribution in [2.45, 2.75) is 64.6 Å². The summed E-state index contributed by atoms with van der Waals surface area (Å²) in [6.07, 6.45) is 4.07. The fourth-order valence-corrected chi connectivity index (χ4v) is 7.45. The van der Waals surface area contributed by atoms with Gasteiger partial charge in [-0.05, 0) is 0 Å². The van der Waals surface area contributed by atoms with Crippen LogP contribution in [-0.2, 0) is 0 Å². The third-order valence-electron chi connectivity index (χ3n) is 6.21. The van der Waals surface area contributed by atoms with Crippen LogP contribution in [0.3, 0.4) is 0 Å². The van der Waals surface area contributed by atoms with Crippen molar-refractivity contribution in [3.63, 3.8) is 0 Å². The molecule has 0 heterocycles. The van der Waals surface area contributed by atoms with Gasteiger partial charge >= 0.3 is 163 Å². The molecular weight excluding hydrogens is 565 g/mol. The Morgan fingerprint density at radius 3 is 1.73 bits per heavy atom. The van der Waals surface area contributed by atoms with Gasteiger partial charge in [0.1, 0.15) is 0 Å². The number of rotatable bonds is 3. The monoisotopic (exact) mass is 588 g/mol. The van der Waals surface area contributed by atoms with Crippen molar-refractivity contribution in [1.29, 1.82) is 0 Å². The smallest absolute Gasteiger partial charge is 0.399 e. The SMILES string of the molecule is Fc1cc(C2CCC(C3CC[CH]([RaH])CC3)CC2)cc(F)c1OC(F)(F)F. The van der Waals surface area contributed by atoms with Gasteiger partial charge in [-0.2, -0.15) is 0 Å². The minimum absolute atomic E-state index is 0.00921. The van der Waals surface area contributed by atoms with Crippen LogP contribution in [0, 0.1) is 66.3 Å². The van der Waals surface area contributed by atoms with E-state index < -0.39 is 23.7 Å². The number of alkyl halides is 3. The zero-order valence-corrected chi connectivity index (χ0v) is 23.1. The molecule has 0 aliphatic heterocycles. The van der Waals surface area contributed by atoms with Gasteiger partial charge in [0.25, 0.3) is 0 Å². The average Bonchev–Trinajstić information content (AvgIpc) is 2.58. The van der Waals surface area contributed by atoms with Gasteiger partial charge in [-0.15, -0.1) is 13.2 Å². The van der Waals surface area contributed by atoms with E-state index in [0.29, 0.717) is 54.3 Å². The Bertz CT molecular complexity index is 594. The summed E-state index contributed by atoms with van der Waals surface area (Å²) in [5.41, 5.74) is 0.445. The molecule has 3 rings (SSSR count). The first-order chi connectivity index (χ1) is 12.2. The van der Waals surface area contributed by atoms with Crippen molar-refractivity contribution >= 4 is 0 Å². The third-order valence-corrected chi connectivity index (χ3v) is 11.0. The Hall–Kier alpha value is 0.138. The first-order valence-electron chi connectivity index (χ1n) is 9.47. The first kappa shape index (κ1) is 20.9. The van der Waals surface area contributed by atoms with Crippen LogP contribution in [0.15, 0.2) is 12.1 Å². The topological polar surface area (TPSA) is 9.23 Å². The number of hydrogen-bond acceptors (Lipinski definition) is 1. The zero-order chi connectivity index (χ0) is 18.9. The minimum Gasteiger partial charge on any atom is -0.399 e. The molecule has 0 unspecified atom stereocenters. The Balaban J connectivity index is 1.62. The summed E-state index contributed by atoms with van der Waals surface area (Å²) < 4.78 is 69.1. The zero-order valence-electron chi connectivity index (χ0n) is 14.9. The second-order valence-electron chi connectivity index (χ2n) is 7.99. The molecule has 0 atom stereocenters. The van der Waals surface area contributed by atoms with Crippen LogP contribution in [0.2, 0.25) is 0.959 Å². The van der Waals surface area contributed by atoms with E-state index in [9.17, 15) is 22.0 Å². The van der Waals surface area contributed by atoms with Crippen molar-refractivity contribution in [2.24, 2.45) is 11.8 Å². The molecule has 0 spiro atoms. The van der Waals surface area contributed by atoms with Crippen molar-refractivity contribution in [1.82, 2.24) is 0 Å². The Morgan fingerprint density at radius 2 is 1.27 bits per heavy atom. The molecule has 7 heteroatoms. The number of benzene rings is 1. The summed E-state index contributed by atoms with van der Waals surface area (Å²) >= 11 is 0.614.